The minimum absolute atomic E-state index is 0.106. The zero-order chi connectivity index (χ0) is 8.56. The van der Waals surface area contributed by atoms with Gasteiger partial charge in [0.25, 0.3) is 0 Å². The number of urea groups is 1. The van der Waals surface area contributed by atoms with E-state index in [-0.39, 0.29) is 17.2 Å². The van der Waals surface area contributed by atoms with Crippen LogP contribution in [0.1, 0.15) is 13.3 Å². The first-order valence-electron chi connectivity index (χ1n) is 4.42. The Balaban J connectivity index is 2.01. The molecule has 1 N–H and O–H groups in total. The number of carbonyl (C=O) groups is 1. The lowest BCUT2D eigenvalue weighted by Gasteiger charge is -2.39. The van der Waals surface area contributed by atoms with Gasteiger partial charge >= 0.3 is 6.03 Å². The molecule has 0 aromatic rings. The molecular formula is C8H13N3O. The van der Waals surface area contributed by atoms with Crippen LogP contribution in [0.15, 0.2) is 0 Å². The molecule has 3 rings (SSSR count). The first-order valence-corrected chi connectivity index (χ1v) is 4.42. The summed E-state index contributed by atoms with van der Waals surface area (Å²) in [6.07, 6.45) is 1.08. The molecule has 4 nitrogen and oxygen atoms in total. The Morgan fingerprint density at radius 3 is 2.92 bits per heavy atom. The fourth-order valence-electron chi connectivity index (χ4n) is 3.23. The molecule has 3 fully saturated rings. The fourth-order valence-corrected chi connectivity index (χ4v) is 3.23. The van der Waals surface area contributed by atoms with E-state index in [4.69, 9.17) is 0 Å². The molecule has 2 amide bonds. The highest BCUT2D eigenvalue weighted by Gasteiger charge is 2.84. The number of likely N-dealkylation sites (tertiary alicyclic amines) is 1. The summed E-state index contributed by atoms with van der Waals surface area (Å²) in [6.45, 7) is 4.04. The highest BCUT2D eigenvalue weighted by atomic mass is 16.2. The third-order valence-corrected chi connectivity index (χ3v) is 3.81. The quantitative estimate of drug-likeness (QED) is 0.508. The number of nitrogens with one attached hydrogen (secondary N) is 1. The number of fused-ring (bicyclic) bond motifs is 1. The van der Waals surface area contributed by atoms with Gasteiger partial charge in [-0.1, -0.05) is 0 Å². The van der Waals surface area contributed by atoms with Crippen LogP contribution in [0.5, 0.6) is 0 Å². The molecule has 0 saturated carbocycles. The number of rotatable bonds is 0. The average molecular weight is 167 g/mol. The SMILES string of the molecule is CN1CC2(C)N3C(=O)NCCC132. The Morgan fingerprint density at radius 1 is 1.58 bits per heavy atom. The van der Waals surface area contributed by atoms with Crippen LogP contribution in [0, 0.1) is 0 Å². The lowest BCUT2D eigenvalue weighted by molar-refractivity contribution is 0.0779. The summed E-state index contributed by atoms with van der Waals surface area (Å²) < 4.78 is 0. The summed E-state index contributed by atoms with van der Waals surface area (Å²) in [4.78, 5) is 15.7. The van der Waals surface area contributed by atoms with Gasteiger partial charge in [0, 0.05) is 19.5 Å². The molecule has 3 aliphatic rings. The summed E-state index contributed by atoms with van der Waals surface area (Å²) in [5.41, 5.74) is 0.262. The minimum Gasteiger partial charge on any atom is -0.338 e. The smallest absolute Gasteiger partial charge is 0.319 e. The second-order valence-corrected chi connectivity index (χ2v) is 4.26. The van der Waals surface area contributed by atoms with E-state index in [1.165, 1.54) is 0 Å². The Kier molecular flexibility index (Phi) is 0.831. The van der Waals surface area contributed by atoms with Crippen molar-refractivity contribution in [3.8, 4) is 0 Å². The Labute approximate surface area is 71.5 Å². The van der Waals surface area contributed by atoms with Gasteiger partial charge in [0.15, 0.2) is 0 Å². The van der Waals surface area contributed by atoms with Crippen LogP contribution in [0.2, 0.25) is 0 Å². The second-order valence-electron chi connectivity index (χ2n) is 4.26. The van der Waals surface area contributed by atoms with Crippen LogP contribution in [-0.2, 0) is 0 Å². The van der Waals surface area contributed by atoms with Gasteiger partial charge in [0.05, 0.1) is 5.54 Å². The largest absolute Gasteiger partial charge is 0.338 e. The van der Waals surface area contributed by atoms with Gasteiger partial charge in [0.2, 0.25) is 0 Å². The molecule has 3 saturated heterocycles. The number of likely N-dealkylation sites (N-methyl/N-ethyl adjacent to an activating group) is 1. The molecular weight excluding hydrogens is 154 g/mol. The number of hydrogen-bond acceptors (Lipinski definition) is 2. The first-order chi connectivity index (χ1) is 5.63. The van der Waals surface area contributed by atoms with Crippen molar-refractivity contribution in [1.82, 2.24) is 15.1 Å². The number of hydrogen-bond donors (Lipinski definition) is 1. The van der Waals surface area contributed by atoms with E-state index in [0.29, 0.717) is 0 Å². The van der Waals surface area contributed by atoms with Gasteiger partial charge in [-0.05, 0) is 14.0 Å². The van der Waals surface area contributed by atoms with Crippen LogP contribution in [0.3, 0.4) is 0 Å². The zero-order valence-corrected chi connectivity index (χ0v) is 7.42. The third kappa shape index (κ3) is 0.386. The standard InChI is InChI=1S/C8H13N3O/c1-7-5-10(2)8(7)3-4-9-6(12)11(7)8/h3-5H2,1-2H3,(H,9,12). The van der Waals surface area contributed by atoms with Crippen LogP contribution >= 0.6 is 0 Å². The summed E-state index contributed by atoms with van der Waals surface area (Å²) >= 11 is 0. The van der Waals surface area contributed by atoms with Gasteiger partial charge in [-0.2, -0.15) is 0 Å². The summed E-state index contributed by atoms with van der Waals surface area (Å²) in [5.74, 6) is 0. The minimum atomic E-state index is 0.106. The van der Waals surface area contributed by atoms with Crippen LogP contribution in [0.25, 0.3) is 0 Å². The molecule has 0 aromatic heterocycles. The molecule has 2 unspecified atom stereocenters. The molecule has 3 aliphatic heterocycles. The fraction of sp³-hybridized carbons (Fsp3) is 0.875. The predicted octanol–water partition coefficient (Wildman–Crippen LogP) is -0.184. The van der Waals surface area contributed by atoms with Gasteiger partial charge in [-0.25, -0.2) is 4.79 Å². The van der Waals surface area contributed by atoms with Crippen molar-refractivity contribution >= 4 is 6.03 Å². The maximum absolute atomic E-state index is 11.4. The van der Waals surface area contributed by atoms with E-state index >= 15 is 0 Å². The topological polar surface area (TPSA) is 35.4 Å². The molecule has 1 spiro atoms. The van der Waals surface area contributed by atoms with E-state index in [2.05, 4.69) is 24.2 Å². The summed E-state index contributed by atoms with van der Waals surface area (Å²) in [5, 5.41) is 2.88. The van der Waals surface area contributed by atoms with Crippen molar-refractivity contribution in [3.63, 3.8) is 0 Å². The zero-order valence-electron chi connectivity index (χ0n) is 7.42. The van der Waals surface area contributed by atoms with E-state index in [0.717, 1.165) is 19.5 Å². The van der Waals surface area contributed by atoms with Crippen molar-refractivity contribution in [2.45, 2.75) is 24.5 Å². The van der Waals surface area contributed by atoms with Crippen LogP contribution in [0.4, 0.5) is 4.79 Å². The molecule has 12 heavy (non-hydrogen) atoms. The lowest BCUT2D eigenvalue weighted by Crippen LogP contribution is -2.58. The Hall–Kier alpha value is -0.770. The lowest BCUT2D eigenvalue weighted by atomic mass is 9.89. The molecule has 66 valence electrons. The second kappa shape index (κ2) is 1.48. The Bertz CT molecular complexity index is 279. The monoisotopic (exact) mass is 167 g/mol. The van der Waals surface area contributed by atoms with E-state index in [9.17, 15) is 4.79 Å². The molecule has 0 aliphatic carbocycles. The highest BCUT2D eigenvalue weighted by molar-refractivity contribution is 5.83. The molecule has 0 radical (unpaired) electrons. The average Bonchev–Trinajstić information content (AvgIpc) is 2.47. The molecule has 2 atom stereocenters. The summed E-state index contributed by atoms with van der Waals surface area (Å²) in [7, 11) is 2.10. The van der Waals surface area contributed by atoms with Crippen molar-refractivity contribution in [3.05, 3.63) is 0 Å². The highest BCUT2D eigenvalue weighted by Crippen LogP contribution is 2.64. The maximum atomic E-state index is 11.4. The van der Waals surface area contributed by atoms with Gasteiger partial charge < -0.3 is 5.32 Å². The summed E-state index contributed by atoms with van der Waals surface area (Å²) in [6, 6.07) is 0.119. The molecule has 0 bridgehead atoms. The van der Waals surface area contributed by atoms with E-state index in [1.54, 1.807) is 0 Å². The Morgan fingerprint density at radius 2 is 2.33 bits per heavy atom. The van der Waals surface area contributed by atoms with Crippen LogP contribution in [-0.4, -0.2) is 47.2 Å². The number of carbonyl (C=O) groups excluding carboxylic acids is 1. The molecule has 0 aromatic carbocycles. The number of nitrogens with zero attached hydrogens (tertiary/aromatic N) is 2. The van der Waals surface area contributed by atoms with Gasteiger partial charge in [0.1, 0.15) is 5.66 Å². The van der Waals surface area contributed by atoms with Gasteiger partial charge in [-0.15, -0.1) is 0 Å². The van der Waals surface area contributed by atoms with E-state index < -0.39 is 0 Å². The van der Waals surface area contributed by atoms with Crippen molar-refractivity contribution in [1.29, 1.82) is 0 Å². The molecule has 4 heteroatoms. The number of amides is 2. The van der Waals surface area contributed by atoms with E-state index in [1.807, 2.05) is 4.90 Å². The van der Waals surface area contributed by atoms with Crippen LogP contribution < -0.4 is 5.32 Å². The normalized spacial score (nSPS) is 50.5. The van der Waals surface area contributed by atoms with Crippen molar-refractivity contribution < 1.29 is 4.79 Å². The first kappa shape index (κ1) is 6.71. The predicted molar refractivity (Wildman–Crippen MR) is 43.6 cm³/mol. The maximum Gasteiger partial charge on any atom is 0.319 e. The van der Waals surface area contributed by atoms with Gasteiger partial charge in [-0.3, -0.25) is 9.80 Å². The van der Waals surface area contributed by atoms with Crippen molar-refractivity contribution in [2.24, 2.45) is 0 Å². The molecule has 3 heterocycles. The third-order valence-electron chi connectivity index (χ3n) is 3.81. The van der Waals surface area contributed by atoms with Crippen molar-refractivity contribution in [2.75, 3.05) is 20.1 Å².